The zero-order valence-electron chi connectivity index (χ0n) is 13.8. The topological polar surface area (TPSA) is 36.1 Å². The van der Waals surface area contributed by atoms with Crippen molar-refractivity contribution in [2.45, 2.75) is 19.9 Å². The van der Waals surface area contributed by atoms with Crippen LogP contribution in [0, 0.1) is 0 Å². The van der Waals surface area contributed by atoms with Crippen molar-refractivity contribution in [3.63, 3.8) is 0 Å². The third-order valence-corrected chi connectivity index (χ3v) is 4.71. The molecule has 3 aromatic rings. The van der Waals surface area contributed by atoms with E-state index in [0.29, 0.717) is 6.54 Å². The molecule has 0 atom stereocenters. The highest BCUT2D eigenvalue weighted by Crippen LogP contribution is 2.29. The van der Waals surface area contributed by atoms with Crippen LogP contribution in [-0.4, -0.2) is 22.3 Å². The molecule has 0 unspecified atom stereocenters. The average molecular weight is 316 g/mol. The Kier molecular flexibility index (Phi) is 3.69. The summed E-state index contributed by atoms with van der Waals surface area (Å²) >= 11 is 0. The maximum atomic E-state index is 12.6. The average Bonchev–Trinajstić information content (AvgIpc) is 2.97. The minimum atomic E-state index is 0.0839. The van der Waals surface area contributed by atoms with E-state index in [9.17, 15) is 4.79 Å². The zero-order valence-corrected chi connectivity index (χ0v) is 13.8. The summed E-state index contributed by atoms with van der Waals surface area (Å²) in [5.74, 6) is 0.0839. The molecular weight excluding hydrogens is 296 g/mol. The summed E-state index contributed by atoms with van der Waals surface area (Å²) in [4.78, 5) is 18.1. The molecule has 2 aromatic carbocycles. The lowest BCUT2D eigenvalue weighted by molar-refractivity contribution is -0.126. The van der Waals surface area contributed by atoms with Gasteiger partial charge in [-0.25, -0.2) is 0 Å². The van der Waals surface area contributed by atoms with Gasteiger partial charge < -0.3 is 9.88 Å². The fourth-order valence-corrected chi connectivity index (χ4v) is 3.46. The van der Waals surface area contributed by atoms with Gasteiger partial charge in [-0.15, -0.1) is 0 Å². The molecule has 1 amide bonds. The minimum Gasteiger partial charge on any atom is -0.355 e. The number of rotatable bonds is 2. The maximum Gasteiger partial charge on any atom is 0.247 e. The zero-order chi connectivity index (χ0) is 16.5. The molecule has 0 saturated heterocycles. The van der Waals surface area contributed by atoms with E-state index >= 15 is 0 Å². The van der Waals surface area contributed by atoms with E-state index in [4.69, 9.17) is 0 Å². The number of hydrogen-bond donors (Lipinski definition) is 1. The van der Waals surface area contributed by atoms with Crippen LogP contribution in [0.3, 0.4) is 0 Å². The van der Waals surface area contributed by atoms with Gasteiger partial charge in [-0.05, 0) is 36.1 Å². The van der Waals surface area contributed by atoms with Crippen molar-refractivity contribution in [2.24, 2.45) is 0 Å². The number of aromatic nitrogens is 1. The minimum absolute atomic E-state index is 0.0839. The van der Waals surface area contributed by atoms with Crippen LogP contribution in [0.1, 0.15) is 23.7 Å². The van der Waals surface area contributed by atoms with Gasteiger partial charge in [0.1, 0.15) is 0 Å². The van der Waals surface area contributed by atoms with Gasteiger partial charge in [0.05, 0.1) is 0 Å². The highest BCUT2D eigenvalue weighted by Gasteiger charge is 2.20. The lowest BCUT2D eigenvalue weighted by Gasteiger charge is -2.24. The van der Waals surface area contributed by atoms with E-state index in [-0.39, 0.29) is 5.91 Å². The standard InChI is InChI=1S/C21H20N2O/c1-15-13-20(24)23(14-16-7-3-2-4-8-16)12-11-18-17-9-5-6-10-19(17)22-21(15)18/h2-10,13,22H,11-12,14H2,1H3/b15-13-. The molecule has 0 saturated carbocycles. The van der Waals surface area contributed by atoms with Crippen LogP contribution in [0.4, 0.5) is 0 Å². The number of H-pyrrole nitrogens is 1. The second-order valence-corrected chi connectivity index (χ2v) is 6.35. The number of nitrogens with zero attached hydrogens (tertiary/aromatic N) is 1. The number of amides is 1. The van der Waals surface area contributed by atoms with Crippen LogP contribution in [-0.2, 0) is 17.8 Å². The van der Waals surface area contributed by atoms with E-state index < -0.39 is 0 Å². The first-order valence-electron chi connectivity index (χ1n) is 8.33. The van der Waals surface area contributed by atoms with Crippen LogP contribution < -0.4 is 0 Å². The number of para-hydroxylation sites is 1. The number of allylic oxidation sites excluding steroid dienone is 1. The number of aromatic amines is 1. The summed E-state index contributed by atoms with van der Waals surface area (Å²) in [5.41, 5.74) is 5.72. The Morgan fingerprint density at radius 2 is 1.79 bits per heavy atom. The number of carbonyl (C=O) groups excluding carboxylic acids is 1. The monoisotopic (exact) mass is 316 g/mol. The Labute approximate surface area is 141 Å². The smallest absolute Gasteiger partial charge is 0.247 e. The lowest BCUT2D eigenvalue weighted by Crippen LogP contribution is -2.32. The second-order valence-electron chi connectivity index (χ2n) is 6.35. The Hall–Kier alpha value is -2.81. The molecule has 0 spiro atoms. The predicted octanol–water partition coefficient (Wildman–Crippen LogP) is 4.16. The molecule has 0 radical (unpaired) electrons. The number of carbonyl (C=O) groups is 1. The highest BCUT2D eigenvalue weighted by atomic mass is 16.2. The first-order valence-corrected chi connectivity index (χ1v) is 8.33. The molecule has 0 bridgehead atoms. The Balaban J connectivity index is 1.71. The molecule has 0 aliphatic carbocycles. The number of fused-ring (bicyclic) bond motifs is 3. The van der Waals surface area contributed by atoms with E-state index in [0.717, 1.165) is 35.3 Å². The van der Waals surface area contributed by atoms with Crippen molar-refractivity contribution in [3.05, 3.63) is 77.5 Å². The van der Waals surface area contributed by atoms with Crippen molar-refractivity contribution in [1.29, 1.82) is 0 Å². The first-order chi connectivity index (χ1) is 11.7. The number of nitrogens with one attached hydrogen (secondary N) is 1. The molecule has 1 aromatic heterocycles. The van der Waals surface area contributed by atoms with Crippen LogP contribution in [0.15, 0.2) is 60.7 Å². The summed E-state index contributed by atoms with van der Waals surface area (Å²) in [6, 6.07) is 18.5. The molecule has 0 fully saturated rings. The van der Waals surface area contributed by atoms with Gasteiger partial charge in [-0.2, -0.15) is 0 Å². The van der Waals surface area contributed by atoms with Crippen molar-refractivity contribution in [2.75, 3.05) is 6.54 Å². The van der Waals surface area contributed by atoms with Crippen LogP contribution in [0.2, 0.25) is 0 Å². The normalized spacial score (nSPS) is 17.1. The van der Waals surface area contributed by atoms with Gasteiger partial charge in [0, 0.05) is 35.8 Å². The number of benzene rings is 2. The Morgan fingerprint density at radius 1 is 1.04 bits per heavy atom. The van der Waals surface area contributed by atoms with Gasteiger partial charge in [0.15, 0.2) is 0 Å². The number of hydrogen-bond acceptors (Lipinski definition) is 1. The summed E-state index contributed by atoms with van der Waals surface area (Å²) < 4.78 is 0. The molecular formula is C21H20N2O. The lowest BCUT2D eigenvalue weighted by atomic mass is 10.0. The summed E-state index contributed by atoms with van der Waals surface area (Å²) in [5, 5.41) is 1.26. The molecule has 1 aliphatic rings. The molecule has 1 N–H and O–H groups in total. The fraction of sp³-hybridized carbons (Fsp3) is 0.190. The largest absolute Gasteiger partial charge is 0.355 e. The van der Waals surface area contributed by atoms with Gasteiger partial charge >= 0.3 is 0 Å². The van der Waals surface area contributed by atoms with Crippen molar-refractivity contribution >= 4 is 22.4 Å². The maximum absolute atomic E-state index is 12.6. The molecule has 3 nitrogen and oxygen atoms in total. The van der Waals surface area contributed by atoms with Gasteiger partial charge in [0.25, 0.3) is 0 Å². The van der Waals surface area contributed by atoms with Crippen LogP contribution in [0.25, 0.3) is 16.5 Å². The van der Waals surface area contributed by atoms with Crippen LogP contribution >= 0.6 is 0 Å². The quantitative estimate of drug-likeness (QED) is 0.757. The Bertz CT molecular complexity index is 921. The summed E-state index contributed by atoms with van der Waals surface area (Å²) in [6.07, 6.45) is 2.62. The van der Waals surface area contributed by atoms with E-state index in [1.807, 2.05) is 36.1 Å². The van der Waals surface area contributed by atoms with Crippen LogP contribution in [0.5, 0.6) is 0 Å². The van der Waals surface area contributed by atoms with E-state index in [1.54, 1.807) is 6.08 Å². The van der Waals surface area contributed by atoms with Gasteiger partial charge in [-0.1, -0.05) is 48.5 Å². The fourth-order valence-electron chi connectivity index (χ4n) is 3.46. The van der Waals surface area contributed by atoms with Gasteiger partial charge in [-0.3, -0.25) is 4.79 Å². The first kappa shape index (κ1) is 14.8. The molecule has 120 valence electrons. The van der Waals surface area contributed by atoms with Crippen molar-refractivity contribution in [3.8, 4) is 0 Å². The molecule has 24 heavy (non-hydrogen) atoms. The highest BCUT2D eigenvalue weighted by molar-refractivity contribution is 5.98. The summed E-state index contributed by atoms with van der Waals surface area (Å²) in [7, 11) is 0. The van der Waals surface area contributed by atoms with Gasteiger partial charge in [0.2, 0.25) is 5.91 Å². The molecule has 4 rings (SSSR count). The third kappa shape index (κ3) is 2.62. The third-order valence-electron chi connectivity index (χ3n) is 4.71. The molecule has 3 heteroatoms. The predicted molar refractivity (Wildman–Crippen MR) is 97.5 cm³/mol. The van der Waals surface area contributed by atoms with E-state index in [2.05, 4.69) is 35.3 Å². The molecule has 2 heterocycles. The SMILES string of the molecule is C/C1=C/C(=O)N(Cc2ccccc2)CCc2c1[nH]c1ccccc21. The van der Waals surface area contributed by atoms with Crippen molar-refractivity contribution < 1.29 is 4.79 Å². The second kappa shape index (κ2) is 6.00. The van der Waals surface area contributed by atoms with Crippen molar-refractivity contribution in [1.82, 2.24) is 9.88 Å². The van der Waals surface area contributed by atoms with E-state index in [1.165, 1.54) is 10.9 Å². The summed E-state index contributed by atoms with van der Waals surface area (Å²) in [6.45, 7) is 3.39. The molecule has 1 aliphatic heterocycles. The Morgan fingerprint density at radius 3 is 2.62 bits per heavy atom.